The quantitative estimate of drug-likeness (QED) is 0.867. The molecule has 1 saturated heterocycles. The Hall–Kier alpha value is -2.08. The molecule has 1 fully saturated rings. The summed E-state index contributed by atoms with van der Waals surface area (Å²) < 4.78 is 5.75. The SMILES string of the molecule is O=C(NCC(=O)N1CCO[C@H](c2ccccc2)C1)c1cc(Cl)ccc1Cl. The number of benzene rings is 2. The number of nitrogens with one attached hydrogen (secondary N) is 1. The highest BCUT2D eigenvalue weighted by molar-refractivity contribution is 6.35. The topological polar surface area (TPSA) is 58.6 Å². The zero-order valence-corrected chi connectivity index (χ0v) is 15.5. The van der Waals surface area contributed by atoms with E-state index in [1.165, 1.54) is 6.07 Å². The number of amides is 2. The van der Waals surface area contributed by atoms with Gasteiger partial charge in [0.05, 0.1) is 30.3 Å². The normalized spacial score (nSPS) is 17.0. The van der Waals surface area contributed by atoms with Crippen LogP contribution in [0.15, 0.2) is 48.5 Å². The molecule has 0 saturated carbocycles. The lowest BCUT2D eigenvalue weighted by atomic mass is 10.1. The first-order valence-corrected chi connectivity index (χ1v) is 8.98. The van der Waals surface area contributed by atoms with Gasteiger partial charge in [0.2, 0.25) is 5.91 Å². The summed E-state index contributed by atoms with van der Waals surface area (Å²) in [4.78, 5) is 26.4. The van der Waals surface area contributed by atoms with Crippen LogP contribution >= 0.6 is 23.2 Å². The minimum Gasteiger partial charge on any atom is -0.370 e. The van der Waals surface area contributed by atoms with Gasteiger partial charge in [-0.2, -0.15) is 0 Å². The van der Waals surface area contributed by atoms with Crippen LogP contribution < -0.4 is 5.32 Å². The Morgan fingerprint density at radius 3 is 2.69 bits per heavy atom. The van der Waals surface area contributed by atoms with Crippen LogP contribution in [-0.2, 0) is 9.53 Å². The molecular formula is C19H18Cl2N2O3. The number of hydrogen-bond acceptors (Lipinski definition) is 3. The molecule has 2 amide bonds. The first kappa shape index (κ1) is 18.7. The van der Waals surface area contributed by atoms with E-state index in [2.05, 4.69) is 5.32 Å². The second kappa shape index (κ2) is 8.54. The van der Waals surface area contributed by atoms with Crippen LogP contribution in [0.4, 0.5) is 0 Å². The molecular weight excluding hydrogens is 375 g/mol. The molecule has 1 heterocycles. The smallest absolute Gasteiger partial charge is 0.253 e. The molecule has 0 spiro atoms. The predicted octanol–water partition coefficient (Wildman–Crippen LogP) is 3.32. The van der Waals surface area contributed by atoms with Crippen LogP contribution in [-0.4, -0.2) is 43.0 Å². The second-order valence-electron chi connectivity index (χ2n) is 5.92. The molecule has 2 aromatic carbocycles. The summed E-state index contributed by atoms with van der Waals surface area (Å²) in [5, 5.41) is 3.30. The Bertz CT molecular complexity index is 799. The number of carbonyl (C=O) groups excluding carboxylic acids is 2. The maximum atomic E-state index is 12.5. The van der Waals surface area contributed by atoms with Crippen molar-refractivity contribution in [1.82, 2.24) is 10.2 Å². The Morgan fingerprint density at radius 1 is 1.15 bits per heavy atom. The maximum absolute atomic E-state index is 12.5. The van der Waals surface area contributed by atoms with E-state index in [1.807, 2.05) is 30.3 Å². The molecule has 1 atom stereocenters. The first-order chi connectivity index (χ1) is 12.5. The van der Waals surface area contributed by atoms with E-state index in [1.54, 1.807) is 17.0 Å². The van der Waals surface area contributed by atoms with Crippen LogP contribution in [0.25, 0.3) is 0 Å². The Morgan fingerprint density at radius 2 is 1.92 bits per heavy atom. The third kappa shape index (κ3) is 4.55. The predicted molar refractivity (Wildman–Crippen MR) is 101 cm³/mol. The number of carbonyl (C=O) groups is 2. The van der Waals surface area contributed by atoms with Crippen molar-refractivity contribution in [2.75, 3.05) is 26.2 Å². The Balaban J connectivity index is 1.57. The lowest BCUT2D eigenvalue weighted by molar-refractivity contribution is -0.137. The van der Waals surface area contributed by atoms with E-state index in [4.69, 9.17) is 27.9 Å². The van der Waals surface area contributed by atoms with E-state index in [0.29, 0.717) is 24.7 Å². The molecule has 0 unspecified atom stereocenters. The molecule has 0 bridgehead atoms. The molecule has 3 rings (SSSR count). The highest BCUT2D eigenvalue weighted by Gasteiger charge is 2.25. The van der Waals surface area contributed by atoms with Crippen LogP contribution in [0.5, 0.6) is 0 Å². The summed E-state index contributed by atoms with van der Waals surface area (Å²) in [6.45, 7) is 1.30. The molecule has 1 aliphatic heterocycles. The first-order valence-electron chi connectivity index (χ1n) is 8.22. The van der Waals surface area contributed by atoms with Crippen molar-refractivity contribution in [2.45, 2.75) is 6.10 Å². The van der Waals surface area contributed by atoms with Crippen LogP contribution in [0.3, 0.4) is 0 Å². The fourth-order valence-corrected chi connectivity index (χ4v) is 3.16. The zero-order chi connectivity index (χ0) is 18.5. The summed E-state index contributed by atoms with van der Waals surface area (Å²) >= 11 is 11.9. The summed E-state index contributed by atoms with van der Waals surface area (Å²) in [5.74, 6) is -0.598. The fraction of sp³-hybridized carbons (Fsp3) is 0.263. The van der Waals surface area contributed by atoms with Gasteiger partial charge >= 0.3 is 0 Å². The molecule has 1 aliphatic rings. The average molecular weight is 393 g/mol. The van der Waals surface area contributed by atoms with Gasteiger partial charge in [0.1, 0.15) is 6.10 Å². The van der Waals surface area contributed by atoms with Gasteiger partial charge < -0.3 is 15.0 Å². The third-order valence-electron chi connectivity index (χ3n) is 4.16. The lowest BCUT2D eigenvalue weighted by Gasteiger charge is -2.33. The van der Waals surface area contributed by atoms with Gasteiger partial charge in [0.15, 0.2) is 0 Å². The number of halogens is 2. The van der Waals surface area contributed by atoms with E-state index in [9.17, 15) is 9.59 Å². The molecule has 136 valence electrons. The van der Waals surface area contributed by atoms with E-state index < -0.39 is 5.91 Å². The van der Waals surface area contributed by atoms with E-state index in [-0.39, 0.29) is 29.1 Å². The van der Waals surface area contributed by atoms with Gasteiger partial charge in [0, 0.05) is 11.6 Å². The highest BCUT2D eigenvalue weighted by atomic mass is 35.5. The zero-order valence-electron chi connectivity index (χ0n) is 14.0. The van der Waals surface area contributed by atoms with Crippen molar-refractivity contribution in [2.24, 2.45) is 0 Å². The van der Waals surface area contributed by atoms with Crippen molar-refractivity contribution < 1.29 is 14.3 Å². The van der Waals surface area contributed by atoms with Gasteiger partial charge in [-0.15, -0.1) is 0 Å². The number of nitrogens with zero attached hydrogens (tertiary/aromatic N) is 1. The van der Waals surface area contributed by atoms with Crippen LogP contribution in [0.1, 0.15) is 22.0 Å². The van der Waals surface area contributed by atoms with E-state index in [0.717, 1.165) is 5.56 Å². The molecule has 5 nitrogen and oxygen atoms in total. The number of morpholine rings is 1. The second-order valence-corrected chi connectivity index (χ2v) is 6.76. The van der Waals surface area contributed by atoms with Crippen molar-refractivity contribution in [1.29, 1.82) is 0 Å². The summed E-state index contributed by atoms with van der Waals surface area (Å²) in [5.41, 5.74) is 1.27. The minimum atomic E-state index is -0.432. The molecule has 0 aromatic heterocycles. The van der Waals surface area contributed by atoms with Gasteiger partial charge in [-0.25, -0.2) is 0 Å². The van der Waals surface area contributed by atoms with Gasteiger partial charge in [-0.3, -0.25) is 9.59 Å². The van der Waals surface area contributed by atoms with Crippen LogP contribution in [0, 0.1) is 0 Å². The van der Waals surface area contributed by atoms with Crippen LogP contribution in [0.2, 0.25) is 10.0 Å². The standard InChI is InChI=1S/C19H18Cl2N2O3/c20-14-6-7-16(21)15(10-14)19(25)22-11-18(24)23-8-9-26-17(12-23)13-4-2-1-3-5-13/h1-7,10,17H,8-9,11-12H2,(H,22,25)/t17-/m0/s1. The average Bonchev–Trinajstić information content (AvgIpc) is 2.68. The van der Waals surface area contributed by atoms with Gasteiger partial charge in [0.25, 0.3) is 5.91 Å². The molecule has 1 N–H and O–H groups in total. The summed E-state index contributed by atoms with van der Waals surface area (Å²) in [6.07, 6.45) is -0.160. The van der Waals surface area contributed by atoms with Gasteiger partial charge in [-0.05, 0) is 23.8 Å². The highest BCUT2D eigenvalue weighted by Crippen LogP contribution is 2.22. The molecule has 7 heteroatoms. The van der Waals surface area contributed by atoms with Crippen molar-refractivity contribution in [3.05, 3.63) is 69.7 Å². The number of rotatable bonds is 4. The van der Waals surface area contributed by atoms with Crippen molar-refractivity contribution in [3.8, 4) is 0 Å². The lowest BCUT2D eigenvalue weighted by Crippen LogP contribution is -2.46. The summed E-state index contributed by atoms with van der Waals surface area (Å²) in [7, 11) is 0. The third-order valence-corrected chi connectivity index (χ3v) is 4.73. The fourth-order valence-electron chi connectivity index (χ4n) is 2.78. The number of ether oxygens (including phenoxy) is 1. The minimum absolute atomic E-state index is 0.108. The van der Waals surface area contributed by atoms with Gasteiger partial charge in [-0.1, -0.05) is 53.5 Å². The molecule has 26 heavy (non-hydrogen) atoms. The maximum Gasteiger partial charge on any atom is 0.253 e. The largest absolute Gasteiger partial charge is 0.370 e. The molecule has 0 aliphatic carbocycles. The van der Waals surface area contributed by atoms with Crippen molar-refractivity contribution >= 4 is 35.0 Å². The Kier molecular flexibility index (Phi) is 6.14. The Labute approximate surface area is 161 Å². The summed E-state index contributed by atoms with van der Waals surface area (Å²) in [6, 6.07) is 14.4. The van der Waals surface area contributed by atoms with E-state index >= 15 is 0 Å². The molecule has 0 radical (unpaired) electrons. The monoisotopic (exact) mass is 392 g/mol. The molecule has 2 aromatic rings. The number of hydrogen-bond donors (Lipinski definition) is 1. The van der Waals surface area contributed by atoms with Crippen molar-refractivity contribution in [3.63, 3.8) is 0 Å².